The van der Waals surface area contributed by atoms with E-state index in [1.54, 1.807) is 44.0 Å². The first-order chi connectivity index (χ1) is 12.7. The third-order valence-electron chi connectivity index (χ3n) is 4.02. The number of nitrogens with zero attached hydrogens (tertiary/aromatic N) is 2. The highest BCUT2D eigenvalue weighted by atomic mass is 16.5. The summed E-state index contributed by atoms with van der Waals surface area (Å²) in [6, 6.07) is 11.0. The molecule has 0 radical (unpaired) electrons. The Morgan fingerprint density at radius 3 is 2.92 bits per heavy atom. The van der Waals surface area contributed by atoms with Gasteiger partial charge in [-0.2, -0.15) is 0 Å². The summed E-state index contributed by atoms with van der Waals surface area (Å²) in [5, 5.41) is 3.80. The maximum absolute atomic E-state index is 12.5. The van der Waals surface area contributed by atoms with Crippen molar-refractivity contribution >= 4 is 16.8 Å². The van der Waals surface area contributed by atoms with E-state index in [1.807, 2.05) is 18.2 Å². The zero-order chi connectivity index (χ0) is 17.9. The van der Waals surface area contributed by atoms with Crippen molar-refractivity contribution in [2.75, 3.05) is 7.11 Å². The van der Waals surface area contributed by atoms with Crippen molar-refractivity contribution in [2.45, 2.75) is 6.54 Å². The summed E-state index contributed by atoms with van der Waals surface area (Å²) >= 11 is 0. The van der Waals surface area contributed by atoms with Crippen LogP contribution in [0.5, 0.6) is 5.75 Å². The lowest BCUT2D eigenvalue weighted by Crippen LogP contribution is -2.24. The van der Waals surface area contributed by atoms with Gasteiger partial charge in [0, 0.05) is 29.4 Å². The Balaban J connectivity index is 1.53. The fraction of sp³-hybridized carbons (Fsp3) is 0.105. The maximum atomic E-state index is 12.5. The number of hydrogen-bond donors (Lipinski definition) is 2. The molecule has 0 fully saturated rings. The molecule has 0 spiro atoms. The van der Waals surface area contributed by atoms with E-state index in [0.29, 0.717) is 22.8 Å². The number of fused-ring (bicyclic) bond motifs is 1. The topological polar surface area (TPSA) is 93.0 Å². The van der Waals surface area contributed by atoms with Gasteiger partial charge in [0.2, 0.25) is 0 Å². The molecule has 0 aliphatic heterocycles. The lowest BCUT2D eigenvalue weighted by Gasteiger charge is -2.06. The van der Waals surface area contributed by atoms with Gasteiger partial charge in [-0.15, -0.1) is 0 Å². The van der Waals surface area contributed by atoms with Crippen molar-refractivity contribution in [3.05, 3.63) is 66.4 Å². The molecule has 7 heteroatoms. The number of amides is 1. The van der Waals surface area contributed by atoms with Crippen LogP contribution >= 0.6 is 0 Å². The first-order valence-corrected chi connectivity index (χ1v) is 8.03. The number of aromatic amines is 1. The van der Waals surface area contributed by atoms with Crippen LogP contribution < -0.4 is 10.1 Å². The number of methoxy groups -OCH3 is 1. The van der Waals surface area contributed by atoms with Gasteiger partial charge in [-0.1, -0.05) is 0 Å². The van der Waals surface area contributed by atoms with Gasteiger partial charge in [0.05, 0.1) is 25.6 Å². The minimum Gasteiger partial charge on any atom is -0.497 e. The van der Waals surface area contributed by atoms with Crippen molar-refractivity contribution in [3.63, 3.8) is 0 Å². The number of furan rings is 1. The summed E-state index contributed by atoms with van der Waals surface area (Å²) in [5.74, 6) is 1.12. The summed E-state index contributed by atoms with van der Waals surface area (Å²) in [6.45, 7) is 0.237. The molecule has 2 N–H and O–H groups in total. The quantitative estimate of drug-likeness (QED) is 0.578. The summed E-state index contributed by atoms with van der Waals surface area (Å²) in [7, 11) is 1.61. The normalized spacial score (nSPS) is 10.8. The van der Waals surface area contributed by atoms with E-state index in [-0.39, 0.29) is 12.5 Å². The molecule has 0 aliphatic rings. The molecule has 130 valence electrons. The molecule has 3 heterocycles. The van der Waals surface area contributed by atoms with Crippen molar-refractivity contribution in [3.8, 4) is 17.2 Å². The van der Waals surface area contributed by atoms with E-state index in [0.717, 1.165) is 16.7 Å². The maximum Gasteiger partial charge on any atom is 0.268 e. The predicted octanol–water partition coefficient (Wildman–Crippen LogP) is 3.16. The van der Waals surface area contributed by atoms with Gasteiger partial charge >= 0.3 is 0 Å². The van der Waals surface area contributed by atoms with Gasteiger partial charge in [-0.05, 0) is 30.3 Å². The Labute approximate surface area is 149 Å². The van der Waals surface area contributed by atoms with Gasteiger partial charge in [0.15, 0.2) is 5.76 Å². The molecule has 4 aromatic rings. The monoisotopic (exact) mass is 348 g/mol. The molecule has 1 aromatic carbocycles. The van der Waals surface area contributed by atoms with Crippen LogP contribution in [0, 0.1) is 0 Å². The van der Waals surface area contributed by atoms with Crippen LogP contribution in [0.1, 0.15) is 16.2 Å². The van der Waals surface area contributed by atoms with E-state index in [1.165, 1.54) is 0 Å². The lowest BCUT2D eigenvalue weighted by molar-refractivity contribution is 0.0946. The Bertz CT molecular complexity index is 1050. The van der Waals surface area contributed by atoms with Crippen LogP contribution in [0.2, 0.25) is 0 Å². The second-order valence-electron chi connectivity index (χ2n) is 5.65. The van der Waals surface area contributed by atoms with Crippen molar-refractivity contribution < 1.29 is 13.9 Å². The van der Waals surface area contributed by atoms with Crippen LogP contribution in [0.15, 0.2) is 59.5 Å². The Morgan fingerprint density at radius 2 is 2.12 bits per heavy atom. The molecule has 0 bridgehead atoms. The van der Waals surface area contributed by atoms with Crippen molar-refractivity contribution in [1.82, 2.24) is 20.3 Å². The van der Waals surface area contributed by atoms with Gasteiger partial charge in [-0.25, -0.2) is 4.98 Å². The third-order valence-corrected chi connectivity index (χ3v) is 4.02. The average molecular weight is 348 g/mol. The number of nitrogens with one attached hydrogen (secondary N) is 2. The first kappa shape index (κ1) is 15.9. The van der Waals surface area contributed by atoms with E-state index in [4.69, 9.17) is 9.15 Å². The number of ether oxygens (including phenoxy) is 1. The Kier molecular flexibility index (Phi) is 4.10. The molecule has 7 nitrogen and oxygen atoms in total. The largest absolute Gasteiger partial charge is 0.497 e. The SMILES string of the molecule is COc1ccc2cc(C(=O)NCc3nccnc3-c3ccco3)[nH]c2c1. The predicted molar refractivity (Wildman–Crippen MR) is 95.8 cm³/mol. The highest BCUT2D eigenvalue weighted by molar-refractivity contribution is 5.98. The molecule has 0 atom stereocenters. The van der Waals surface area contributed by atoms with E-state index >= 15 is 0 Å². The molecule has 0 saturated carbocycles. The van der Waals surface area contributed by atoms with E-state index in [9.17, 15) is 4.79 Å². The summed E-state index contributed by atoms with van der Waals surface area (Å²) in [5.41, 5.74) is 2.55. The van der Waals surface area contributed by atoms with Crippen LogP contribution in [0.4, 0.5) is 0 Å². The highest BCUT2D eigenvalue weighted by Crippen LogP contribution is 2.22. The van der Waals surface area contributed by atoms with Crippen LogP contribution in [-0.2, 0) is 6.54 Å². The standard InChI is InChI=1S/C19H16N4O3/c1-25-13-5-4-12-9-15(23-14(12)10-13)19(24)22-11-16-18(21-7-6-20-16)17-3-2-8-26-17/h2-10,23H,11H2,1H3,(H,22,24). The van der Waals surface area contributed by atoms with Gasteiger partial charge in [-0.3, -0.25) is 9.78 Å². The molecule has 0 aliphatic carbocycles. The summed E-state index contributed by atoms with van der Waals surface area (Å²) in [4.78, 5) is 24.2. The molecule has 0 unspecified atom stereocenters. The van der Waals surface area contributed by atoms with E-state index in [2.05, 4.69) is 20.3 Å². The first-order valence-electron chi connectivity index (χ1n) is 8.03. The number of aromatic nitrogens is 3. The smallest absolute Gasteiger partial charge is 0.268 e. The molecule has 1 amide bonds. The number of H-pyrrole nitrogens is 1. The number of hydrogen-bond acceptors (Lipinski definition) is 5. The zero-order valence-electron chi connectivity index (χ0n) is 14.0. The molecule has 3 aromatic heterocycles. The van der Waals surface area contributed by atoms with Gasteiger partial charge in [0.25, 0.3) is 5.91 Å². The van der Waals surface area contributed by atoms with Crippen LogP contribution in [-0.4, -0.2) is 28.0 Å². The van der Waals surface area contributed by atoms with Gasteiger partial charge < -0.3 is 19.5 Å². The number of rotatable bonds is 5. The molecule has 26 heavy (non-hydrogen) atoms. The zero-order valence-corrected chi connectivity index (χ0v) is 14.0. The average Bonchev–Trinajstić information content (AvgIpc) is 3.35. The second-order valence-corrected chi connectivity index (χ2v) is 5.65. The second kappa shape index (κ2) is 6.72. The van der Waals surface area contributed by atoms with Gasteiger partial charge in [0.1, 0.15) is 17.1 Å². The molecular weight excluding hydrogens is 332 g/mol. The molecule has 4 rings (SSSR count). The minimum atomic E-state index is -0.226. The molecule has 0 saturated heterocycles. The minimum absolute atomic E-state index is 0.226. The lowest BCUT2D eigenvalue weighted by atomic mass is 10.2. The Hall–Kier alpha value is -3.61. The van der Waals surface area contributed by atoms with E-state index < -0.39 is 0 Å². The van der Waals surface area contributed by atoms with Crippen LogP contribution in [0.25, 0.3) is 22.4 Å². The fourth-order valence-corrected chi connectivity index (χ4v) is 2.73. The summed E-state index contributed by atoms with van der Waals surface area (Å²) in [6.07, 6.45) is 4.75. The fourth-order valence-electron chi connectivity index (χ4n) is 2.73. The number of carbonyl (C=O) groups excluding carboxylic acids is 1. The summed E-state index contributed by atoms with van der Waals surface area (Å²) < 4.78 is 10.6. The third kappa shape index (κ3) is 3.02. The molecular formula is C19H16N4O3. The van der Waals surface area contributed by atoms with Crippen LogP contribution in [0.3, 0.4) is 0 Å². The number of carbonyl (C=O) groups is 1. The number of benzene rings is 1. The Morgan fingerprint density at radius 1 is 1.23 bits per heavy atom. The highest BCUT2D eigenvalue weighted by Gasteiger charge is 2.14. The van der Waals surface area contributed by atoms with Crippen molar-refractivity contribution in [2.24, 2.45) is 0 Å². The van der Waals surface area contributed by atoms with Crippen molar-refractivity contribution in [1.29, 1.82) is 0 Å².